The number of rotatable bonds is 4. The minimum atomic E-state index is -4.12. The van der Waals surface area contributed by atoms with Gasteiger partial charge in [0.05, 0.1) is 19.3 Å². The molecule has 0 N–H and O–H groups in total. The lowest BCUT2D eigenvalue weighted by Crippen LogP contribution is -2.36. The lowest BCUT2D eigenvalue weighted by molar-refractivity contribution is -0.184. The summed E-state index contributed by atoms with van der Waals surface area (Å²) in [6.45, 7) is 1.22. The van der Waals surface area contributed by atoms with Gasteiger partial charge in [0.25, 0.3) is 0 Å². The normalized spacial score (nSPS) is 24.7. The third-order valence-electron chi connectivity index (χ3n) is 4.32. The Kier molecular flexibility index (Phi) is 4.92. The summed E-state index contributed by atoms with van der Waals surface area (Å²) < 4.78 is 47.6. The molecule has 1 aliphatic carbocycles. The lowest BCUT2D eigenvalue weighted by Gasteiger charge is -2.36. The predicted octanol–water partition coefficient (Wildman–Crippen LogP) is 3.79. The fourth-order valence-electron chi connectivity index (χ4n) is 3.20. The molecule has 6 heteroatoms. The summed E-state index contributed by atoms with van der Waals surface area (Å²) in [4.78, 5) is 0. The van der Waals surface area contributed by atoms with E-state index in [0.717, 1.165) is 25.7 Å². The molecule has 0 amide bonds. The van der Waals surface area contributed by atoms with Gasteiger partial charge in [-0.3, -0.25) is 0 Å². The number of alkyl halides is 3. The highest BCUT2D eigenvalue weighted by molar-refractivity contribution is 4.93. The van der Waals surface area contributed by atoms with Crippen LogP contribution in [0.4, 0.5) is 13.2 Å². The molecule has 3 nitrogen and oxygen atoms in total. The van der Waals surface area contributed by atoms with Crippen molar-refractivity contribution in [1.82, 2.24) is 0 Å². The molecule has 1 unspecified atom stereocenters. The zero-order valence-corrected chi connectivity index (χ0v) is 11.4. The van der Waals surface area contributed by atoms with E-state index in [4.69, 9.17) is 9.47 Å². The van der Waals surface area contributed by atoms with Gasteiger partial charge >= 0.3 is 6.18 Å². The van der Waals surface area contributed by atoms with Crippen molar-refractivity contribution in [3.05, 3.63) is 0 Å². The first-order valence-corrected chi connectivity index (χ1v) is 7.18. The van der Waals surface area contributed by atoms with Gasteiger partial charge < -0.3 is 9.47 Å². The van der Waals surface area contributed by atoms with Gasteiger partial charge in [-0.15, -0.1) is 0 Å². The Labute approximate surface area is 117 Å². The predicted molar refractivity (Wildman–Crippen MR) is 65.6 cm³/mol. The van der Waals surface area contributed by atoms with Crippen molar-refractivity contribution >= 4 is 0 Å². The first-order valence-electron chi connectivity index (χ1n) is 7.18. The zero-order chi connectivity index (χ0) is 14.6. The fourth-order valence-corrected chi connectivity index (χ4v) is 3.20. The highest BCUT2D eigenvalue weighted by Gasteiger charge is 2.42. The van der Waals surface area contributed by atoms with Crippen molar-refractivity contribution in [1.29, 1.82) is 5.26 Å². The van der Waals surface area contributed by atoms with Crippen LogP contribution in [0.25, 0.3) is 0 Å². The molecule has 0 radical (unpaired) electrons. The Bertz CT molecular complexity index is 348. The third-order valence-corrected chi connectivity index (χ3v) is 4.32. The van der Waals surface area contributed by atoms with Crippen molar-refractivity contribution in [3.63, 3.8) is 0 Å². The van der Waals surface area contributed by atoms with Crippen molar-refractivity contribution < 1.29 is 22.6 Å². The molecule has 2 aliphatic rings. The largest absolute Gasteiger partial charge is 0.389 e. The van der Waals surface area contributed by atoms with E-state index in [1.165, 1.54) is 0 Å². The molecule has 114 valence electrons. The Morgan fingerprint density at radius 1 is 1.20 bits per heavy atom. The summed E-state index contributed by atoms with van der Waals surface area (Å²) in [5.74, 6) is -0.578. The molecule has 2 fully saturated rings. The second-order valence-corrected chi connectivity index (χ2v) is 5.69. The quantitative estimate of drug-likeness (QED) is 0.791. The number of hydrogen-bond donors (Lipinski definition) is 0. The van der Waals surface area contributed by atoms with Gasteiger partial charge in [0.1, 0.15) is 0 Å². The molecule has 0 aromatic rings. The molecule has 1 heterocycles. The maximum Gasteiger partial charge on any atom is 0.389 e. The number of ether oxygens (including phenoxy) is 2. The summed E-state index contributed by atoms with van der Waals surface area (Å²) in [5.41, 5.74) is 0. The Morgan fingerprint density at radius 2 is 1.80 bits per heavy atom. The van der Waals surface area contributed by atoms with Gasteiger partial charge in [-0.05, 0) is 31.6 Å². The van der Waals surface area contributed by atoms with Gasteiger partial charge in [-0.1, -0.05) is 0 Å². The van der Waals surface area contributed by atoms with Crippen LogP contribution in [0, 0.1) is 23.2 Å². The van der Waals surface area contributed by atoms with Crippen LogP contribution in [0.5, 0.6) is 0 Å². The number of nitrogens with zero attached hydrogens (tertiary/aromatic N) is 1. The summed E-state index contributed by atoms with van der Waals surface area (Å²) >= 11 is 0. The van der Waals surface area contributed by atoms with E-state index in [9.17, 15) is 18.4 Å². The van der Waals surface area contributed by atoms with Crippen LogP contribution in [-0.4, -0.2) is 25.2 Å². The standard InChI is InChI=1S/C14H20F3NO2/c15-14(16,17)5-1-2-12(10-18)11-3-6-13(7-4-11)19-8-9-20-13/h11-12H,1-9H2. The zero-order valence-electron chi connectivity index (χ0n) is 11.4. The Hall–Kier alpha value is -0.800. The molecule has 1 spiro atoms. The maximum atomic E-state index is 12.1. The maximum absolute atomic E-state index is 12.1. The first-order chi connectivity index (χ1) is 9.44. The van der Waals surface area contributed by atoms with Crippen molar-refractivity contribution in [2.24, 2.45) is 11.8 Å². The molecule has 20 heavy (non-hydrogen) atoms. The molecular weight excluding hydrogens is 271 g/mol. The SMILES string of the molecule is N#CC(CCCC(F)(F)F)C1CCC2(CC1)OCCO2. The van der Waals surface area contributed by atoms with Crippen molar-refractivity contribution in [2.45, 2.75) is 56.9 Å². The van der Waals surface area contributed by atoms with Gasteiger partial charge in [0.15, 0.2) is 5.79 Å². The molecule has 1 saturated heterocycles. The fraction of sp³-hybridized carbons (Fsp3) is 0.929. The second-order valence-electron chi connectivity index (χ2n) is 5.69. The van der Waals surface area contributed by atoms with E-state index in [1.807, 2.05) is 0 Å². The Balaban J connectivity index is 1.77. The molecular formula is C14H20F3NO2. The first kappa shape index (κ1) is 15.6. The minimum Gasteiger partial charge on any atom is -0.348 e. The molecule has 1 atom stereocenters. The molecule has 2 rings (SSSR count). The van der Waals surface area contributed by atoms with Crippen molar-refractivity contribution in [2.75, 3.05) is 13.2 Å². The van der Waals surface area contributed by atoms with Crippen LogP contribution in [0.3, 0.4) is 0 Å². The summed E-state index contributed by atoms with van der Waals surface area (Å²) in [7, 11) is 0. The van der Waals surface area contributed by atoms with E-state index in [0.29, 0.717) is 19.6 Å². The third kappa shape index (κ3) is 4.10. The van der Waals surface area contributed by atoms with Gasteiger partial charge in [-0.2, -0.15) is 18.4 Å². The summed E-state index contributed by atoms with van der Waals surface area (Å²) in [6.07, 6.45) is -1.47. The van der Waals surface area contributed by atoms with Crippen molar-refractivity contribution in [3.8, 4) is 6.07 Å². The number of nitriles is 1. The van der Waals surface area contributed by atoms with E-state index in [2.05, 4.69) is 6.07 Å². The average molecular weight is 291 g/mol. The summed E-state index contributed by atoms with van der Waals surface area (Å²) in [6, 6.07) is 2.19. The topological polar surface area (TPSA) is 42.2 Å². The average Bonchev–Trinajstić information content (AvgIpc) is 2.83. The van der Waals surface area contributed by atoms with E-state index >= 15 is 0 Å². The highest BCUT2D eigenvalue weighted by Crippen LogP contribution is 2.41. The number of halogens is 3. The van der Waals surface area contributed by atoms with Crippen LogP contribution >= 0.6 is 0 Å². The number of hydrogen-bond acceptors (Lipinski definition) is 3. The molecule has 1 saturated carbocycles. The lowest BCUT2D eigenvalue weighted by atomic mass is 9.76. The van der Waals surface area contributed by atoms with Crippen LogP contribution in [-0.2, 0) is 9.47 Å². The van der Waals surface area contributed by atoms with Crippen LogP contribution in [0.1, 0.15) is 44.9 Å². The van der Waals surface area contributed by atoms with Crippen LogP contribution in [0.2, 0.25) is 0 Å². The molecule has 0 aromatic carbocycles. The van der Waals surface area contributed by atoms with Crippen LogP contribution in [0.15, 0.2) is 0 Å². The Morgan fingerprint density at radius 3 is 2.30 bits per heavy atom. The van der Waals surface area contributed by atoms with Crippen LogP contribution < -0.4 is 0 Å². The molecule has 0 aromatic heterocycles. The smallest absolute Gasteiger partial charge is 0.348 e. The van der Waals surface area contributed by atoms with E-state index < -0.39 is 18.4 Å². The summed E-state index contributed by atoms with van der Waals surface area (Å²) in [5, 5.41) is 9.17. The second kappa shape index (κ2) is 6.31. The van der Waals surface area contributed by atoms with Gasteiger partial charge in [0.2, 0.25) is 0 Å². The van der Waals surface area contributed by atoms with E-state index in [1.54, 1.807) is 0 Å². The highest BCUT2D eigenvalue weighted by atomic mass is 19.4. The molecule has 0 bridgehead atoms. The monoisotopic (exact) mass is 291 g/mol. The minimum absolute atomic E-state index is 0.0381. The molecule has 1 aliphatic heterocycles. The van der Waals surface area contributed by atoms with Gasteiger partial charge in [0, 0.05) is 25.2 Å². The van der Waals surface area contributed by atoms with E-state index in [-0.39, 0.29) is 18.3 Å². The van der Waals surface area contributed by atoms with Gasteiger partial charge in [-0.25, -0.2) is 0 Å².